The molecule has 0 saturated carbocycles. The first-order chi connectivity index (χ1) is 9.29. The minimum Gasteiger partial charge on any atom is -0.493 e. The molecule has 98 valence electrons. The monoisotopic (exact) mass is 274 g/mol. The molecule has 1 aromatic heterocycles. The highest BCUT2D eigenvalue weighted by Crippen LogP contribution is 2.27. The van der Waals surface area contributed by atoms with Gasteiger partial charge in [0, 0.05) is 30.1 Å². The highest BCUT2D eigenvalue weighted by Gasteiger charge is 2.20. The molecule has 0 spiro atoms. The third-order valence-electron chi connectivity index (χ3n) is 3.15. The van der Waals surface area contributed by atoms with Gasteiger partial charge < -0.3 is 4.74 Å². The first-order valence-electron chi connectivity index (χ1n) is 6.26. The zero-order chi connectivity index (χ0) is 13.2. The van der Waals surface area contributed by atoms with E-state index in [0.717, 1.165) is 17.3 Å². The number of benzene rings is 1. The molecule has 1 aliphatic heterocycles. The normalized spacial score (nSPS) is 12.9. The fourth-order valence-electron chi connectivity index (χ4n) is 2.17. The third-order valence-corrected chi connectivity index (χ3v) is 3.95. The average molecular weight is 274 g/mol. The van der Waals surface area contributed by atoms with Crippen LogP contribution >= 0.6 is 11.3 Å². The van der Waals surface area contributed by atoms with Crippen LogP contribution < -0.4 is 9.64 Å². The second-order valence-electron chi connectivity index (χ2n) is 4.29. The van der Waals surface area contributed by atoms with E-state index in [1.807, 2.05) is 30.5 Å². The summed E-state index contributed by atoms with van der Waals surface area (Å²) in [6.45, 7) is 3.25. The van der Waals surface area contributed by atoms with Crippen molar-refractivity contribution in [3.63, 3.8) is 0 Å². The van der Waals surface area contributed by atoms with Gasteiger partial charge in [-0.2, -0.15) is 0 Å². The number of ether oxygens (including phenoxy) is 1. The van der Waals surface area contributed by atoms with E-state index in [4.69, 9.17) is 4.74 Å². The zero-order valence-electron chi connectivity index (χ0n) is 10.6. The summed E-state index contributed by atoms with van der Waals surface area (Å²) >= 11 is 1.47. The maximum Gasteiger partial charge on any atom is 0.260 e. The number of anilines is 1. The SMILES string of the molecule is CCN(C(=O)c1ccc2c(c1)OCC2)c1nccs1. The highest BCUT2D eigenvalue weighted by molar-refractivity contribution is 7.13. The molecule has 3 rings (SSSR count). The number of hydrogen-bond donors (Lipinski definition) is 0. The number of carbonyl (C=O) groups is 1. The van der Waals surface area contributed by atoms with Crippen LogP contribution in [0.5, 0.6) is 5.75 Å². The second-order valence-corrected chi connectivity index (χ2v) is 5.16. The Morgan fingerprint density at radius 3 is 3.16 bits per heavy atom. The first-order valence-corrected chi connectivity index (χ1v) is 7.14. The summed E-state index contributed by atoms with van der Waals surface area (Å²) in [5.74, 6) is 0.803. The van der Waals surface area contributed by atoms with Crippen LogP contribution in [-0.2, 0) is 6.42 Å². The number of rotatable bonds is 3. The lowest BCUT2D eigenvalue weighted by molar-refractivity contribution is 0.0988. The maximum absolute atomic E-state index is 12.5. The van der Waals surface area contributed by atoms with E-state index in [1.54, 1.807) is 11.1 Å². The molecule has 2 heterocycles. The molecule has 0 unspecified atom stereocenters. The lowest BCUT2D eigenvalue weighted by Crippen LogP contribution is -2.30. The van der Waals surface area contributed by atoms with Crippen LogP contribution in [0.2, 0.25) is 0 Å². The molecule has 5 heteroatoms. The number of carbonyl (C=O) groups excluding carboxylic acids is 1. The molecule has 0 saturated heterocycles. The smallest absolute Gasteiger partial charge is 0.260 e. The summed E-state index contributed by atoms with van der Waals surface area (Å²) < 4.78 is 5.51. The van der Waals surface area contributed by atoms with Gasteiger partial charge in [0.25, 0.3) is 5.91 Å². The molecule has 1 amide bonds. The minimum absolute atomic E-state index is 0.0317. The Labute approximate surface area is 115 Å². The number of hydrogen-bond acceptors (Lipinski definition) is 4. The predicted molar refractivity (Wildman–Crippen MR) is 75.1 cm³/mol. The molecule has 2 aromatic rings. The van der Waals surface area contributed by atoms with Crippen LogP contribution in [0.1, 0.15) is 22.8 Å². The summed E-state index contributed by atoms with van der Waals surface area (Å²) in [7, 11) is 0. The van der Waals surface area contributed by atoms with Crippen molar-refractivity contribution in [1.82, 2.24) is 4.98 Å². The fourth-order valence-corrected chi connectivity index (χ4v) is 2.87. The molecule has 0 bridgehead atoms. The van der Waals surface area contributed by atoms with Crippen LogP contribution in [0.4, 0.5) is 5.13 Å². The van der Waals surface area contributed by atoms with Gasteiger partial charge in [0.15, 0.2) is 5.13 Å². The van der Waals surface area contributed by atoms with Gasteiger partial charge in [-0.25, -0.2) is 4.98 Å². The number of amides is 1. The van der Waals surface area contributed by atoms with E-state index in [9.17, 15) is 4.79 Å². The zero-order valence-corrected chi connectivity index (χ0v) is 11.4. The molecule has 0 aliphatic carbocycles. The predicted octanol–water partition coefficient (Wildman–Crippen LogP) is 2.74. The standard InChI is InChI=1S/C14H14N2O2S/c1-2-16(14-15-6-8-19-14)13(17)11-4-3-10-5-7-18-12(10)9-11/h3-4,6,8-9H,2,5,7H2,1H3. The van der Waals surface area contributed by atoms with E-state index in [2.05, 4.69) is 4.98 Å². The maximum atomic E-state index is 12.5. The first kappa shape index (κ1) is 12.2. The van der Waals surface area contributed by atoms with E-state index in [-0.39, 0.29) is 5.91 Å². The second kappa shape index (κ2) is 5.01. The van der Waals surface area contributed by atoms with Crippen molar-refractivity contribution in [2.24, 2.45) is 0 Å². The molecule has 19 heavy (non-hydrogen) atoms. The lowest BCUT2D eigenvalue weighted by Gasteiger charge is -2.17. The quantitative estimate of drug-likeness (QED) is 0.864. The summed E-state index contributed by atoms with van der Waals surface area (Å²) in [5.41, 5.74) is 1.83. The lowest BCUT2D eigenvalue weighted by atomic mass is 10.1. The van der Waals surface area contributed by atoms with Gasteiger partial charge in [0.1, 0.15) is 5.75 Å². The Balaban J connectivity index is 1.91. The fraction of sp³-hybridized carbons (Fsp3) is 0.286. The third kappa shape index (κ3) is 2.21. The Kier molecular flexibility index (Phi) is 3.21. The van der Waals surface area contributed by atoms with Crippen molar-refractivity contribution in [3.05, 3.63) is 40.9 Å². The van der Waals surface area contributed by atoms with Crippen LogP contribution in [0.25, 0.3) is 0 Å². The summed E-state index contributed by atoms with van der Waals surface area (Å²) in [6.07, 6.45) is 2.63. The number of aromatic nitrogens is 1. The van der Waals surface area contributed by atoms with Gasteiger partial charge in [-0.1, -0.05) is 6.07 Å². The van der Waals surface area contributed by atoms with Crippen LogP contribution in [0.3, 0.4) is 0 Å². The number of thiazole rings is 1. The summed E-state index contributed by atoms with van der Waals surface area (Å²) in [4.78, 5) is 18.4. The molecular formula is C14H14N2O2S. The Morgan fingerprint density at radius 2 is 2.42 bits per heavy atom. The van der Waals surface area contributed by atoms with Crippen molar-refractivity contribution in [1.29, 1.82) is 0 Å². The molecule has 0 radical (unpaired) electrons. The van der Waals surface area contributed by atoms with Gasteiger partial charge in [0.05, 0.1) is 6.61 Å². The van der Waals surface area contributed by atoms with Crippen molar-refractivity contribution in [3.8, 4) is 5.75 Å². The van der Waals surface area contributed by atoms with E-state index in [0.29, 0.717) is 18.7 Å². The topological polar surface area (TPSA) is 42.4 Å². The molecule has 0 N–H and O–H groups in total. The Morgan fingerprint density at radius 1 is 1.53 bits per heavy atom. The van der Waals surface area contributed by atoms with Gasteiger partial charge in [0.2, 0.25) is 0 Å². The molecule has 4 nitrogen and oxygen atoms in total. The van der Waals surface area contributed by atoms with Gasteiger partial charge >= 0.3 is 0 Å². The van der Waals surface area contributed by atoms with Gasteiger partial charge in [-0.05, 0) is 24.6 Å². The van der Waals surface area contributed by atoms with E-state index < -0.39 is 0 Å². The van der Waals surface area contributed by atoms with Crippen molar-refractivity contribution >= 4 is 22.4 Å². The van der Waals surface area contributed by atoms with Gasteiger partial charge in [-0.3, -0.25) is 9.69 Å². The van der Waals surface area contributed by atoms with Crippen molar-refractivity contribution in [2.45, 2.75) is 13.3 Å². The molecule has 1 aromatic carbocycles. The van der Waals surface area contributed by atoms with Crippen LogP contribution in [0.15, 0.2) is 29.8 Å². The number of nitrogens with zero attached hydrogens (tertiary/aromatic N) is 2. The van der Waals surface area contributed by atoms with Crippen molar-refractivity contribution in [2.75, 3.05) is 18.1 Å². The van der Waals surface area contributed by atoms with Gasteiger partial charge in [-0.15, -0.1) is 11.3 Å². The Bertz CT molecular complexity index is 595. The van der Waals surface area contributed by atoms with E-state index in [1.165, 1.54) is 16.9 Å². The Hall–Kier alpha value is -1.88. The largest absolute Gasteiger partial charge is 0.493 e. The van der Waals surface area contributed by atoms with E-state index >= 15 is 0 Å². The molecular weight excluding hydrogens is 260 g/mol. The number of fused-ring (bicyclic) bond motifs is 1. The minimum atomic E-state index is -0.0317. The molecule has 0 atom stereocenters. The van der Waals surface area contributed by atoms with Crippen molar-refractivity contribution < 1.29 is 9.53 Å². The van der Waals surface area contributed by atoms with Crippen LogP contribution in [0, 0.1) is 0 Å². The average Bonchev–Trinajstić information content (AvgIpc) is 3.09. The summed E-state index contributed by atoms with van der Waals surface area (Å²) in [5, 5.41) is 2.60. The molecule has 0 fully saturated rings. The molecule has 1 aliphatic rings. The van der Waals surface area contributed by atoms with Crippen LogP contribution in [-0.4, -0.2) is 24.0 Å². The summed E-state index contributed by atoms with van der Waals surface area (Å²) in [6, 6.07) is 5.68. The highest BCUT2D eigenvalue weighted by atomic mass is 32.1.